The fraction of sp³-hybridized carbons (Fsp3) is 0.478. The Bertz CT molecular complexity index is 911. The molecule has 0 spiro atoms. The fourth-order valence-electron chi connectivity index (χ4n) is 3.96. The van der Waals surface area contributed by atoms with Gasteiger partial charge in [0.15, 0.2) is 11.5 Å². The van der Waals surface area contributed by atoms with Crippen LogP contribution in [0.3, 0.4) is 0 Å². The van der Waals surface area contributed by atoms with Crippen molar-refractivity contribution in [2.24, 2.45) is 11.7 Å². The fourth-order valence-corrected chi connectivity index (χ4v) is 3.96. The van der Waals surface area contributed by atoms with E-state index in [9.17, 15) is 9.59 Å². The summed E-state index contributed by atoms with van der Waals surface area (Å²) in [7, 11) is 0. The molecule has 1 fully saturated rings. The lowest BCUT2D eigenvalue weighted by Gasteiger charge is -2.29. The van der Waals surface area contributed by atoms with Gasteiger partial charge in [0.1, 0.15) is 5.60 Å². The number of benzene rings is 1. The van der Waals surface area contributed by atoms with Crippen LogP contribution in [0.15, 0.2) is 30.5 Å². The predicted octanol–water partition coefficient (Wildman–Crippen LogP) is 3.83. The summed E-state index contributed by atoms with van der Waals surface area (Å²) in [4.78, 5) is 31.8. The van der Waals surface area contributed by atoms with Crippen molar-refractivity contribution >= 4 is 17.7 Å². The highest BCUT2D eigenvalue weighted by Gasteiger charge is 2.26. The summed E-state index contributed by atoms with van der Waals surface area (Å²) < 4.78 is 5.45. The third kappa shape index (κ3) is 5.55. The minimum absolute atomic E-state index is 0.0140. The summed E-state index contributed by atoms with van der Waals surface area (Å²) in [5, 5.41) is 0. The average Bonchev–Trinajstić information content (AvgIpc) is 2.67. The van der Waals surface area contributed by atoms with Crippen molar-refractivity contribution in [1.29, 1.82) is 0 Å². The summed E-state index contributed by atoms with van der Waals surface area (Å²) in [5.74, 6) is 0.114. The normalized spacial score (nSPS) is 19.3. The summed E-state index contributed by atoms with van der Waals surface area (Å²) in [5.41, 5.74) is 13.2. The monoisotopic (exact) mass is 410 g/mol. The van der Waals surface area contributed by atoms with E-state index in [4.69, 9.17) is 16.2 Å². The topological polar surface area (TPSA) is 121 Å². The van der Waals surface area contributed by atoms with Crippen LogP contribution in [0.2, 0.25) is 0 Å². The van der Waals surface area contributed by atoms with Crippen LogP contribution < -0.4 is 11.5 Å². The first-order valence-corrected chi connectivity index (χ1v) is 10.4. The van der Waals surface area contributed by atoms with Crippen LogP contribution in [-0.2, 0) is 9.53 Å². The van der Waals surface area contributed by atoms with Crippen molar-refractivity contribution in [3.8, 4) is 11.3 Å². The second kappa shape index (κ2) is 8.81. The van der Waals surface area contributed by atoms with Crippen molar-refractivity contribution < 1.29 is 14.3 Å². The van der Waals surface area contributed by atoms with Gasteiger partial charge in [-0.1, -0.05) is 24.3 Å². The second-order valence-electron chi connectivity index (χ2n) is 8.98. The number of esters is 1. The molecule has 1 amide bonds. The van der Waals surface area contributed by atoms with Gasteiger partial charge in [-0.05, 0) is 63.9 Å². The van der Waals surface area contributed by atoms with Crippen LogP contribution in [-0.4, -0.2) is 27.4 Å². The first kappa shape index (κ1) is 21.7. The number of nitrogens with zero attached hydrogens (tertiary/aromatic N) is 2. The van der Waals surface area contributed by atoms with Gasteiger partial charge in [0, 0.05) is 12.0 Å². The van der Waals surface area contributed by atoms with Crippen LogP contribution in [0.25, 0.3) is 11.3 Å². The van der Waals surface area contributed by atoms with Crippen molar-refractivity contribution in [3.05, 3.63) is 41.7 Å². The van der Waals surface area contributed by atoms with E-state index in [1.54, 1.807) is 6.20 Å². The molecule has 1 aliphatic rings. The Kier molecular flexibility index (Phi) is 6.39. The molecule has 4 N–H and O–H groups in total. The standard InChI is InChI=1S/C23H30N4O3/c1-23(2,3)30-19(28)12-14-4-6-15(7-5-14)16-8-10-17(11-9-16)18-13-26-21(24)20(27-18)22(25)29/h8-11,13-15H,4-7,12H2,1-3H3,(H2,24,26)(H2,25,29). The van der Waals surface area contributed by atoms with E-state index in [0.29, 0.717) is 24.0 Å². The number of ether oxygens (including phenoxy) is 1. The van der Waals surface area contributed by atoms with Crippen LogP contribution in [0.1, 0.15) is 74.8 Å². The quantitative estimate of drug-likeness (QED) is 0.723. The lowest BCUT2D eigenvalue weighted by molar-refractivity contribution is -0.156. The highest BCUT2D eigenvalue weighted by molar-refractivity contribution is 5.95. The van der Waals surface area contributed by atoms with Gasteiger partial charge < -0.3 is 16.2 Å². The van der Waals surface area contributed by atoms with Crippen molar-refractivity contribution in [2.75, 3.05) is 5.73 Å². The number of rotatable bonds is 5. The number of anilines is 1. The molecule has 1 aromatic heterocycles. The molecule has 1 aliphatic carbocycles. The number of hydrogen-bond donors (Lipinski definition) is 2. The van der Waals surface area contributed by atoms with Gasteiger partial charge in [0.05, 0.1) is 11.9 Å². The maximum atomic E-state index is 12.1. The molecule has 0 radical (unpaired) electrons. The van der Waals surface area contributed by atoms with Gasteiger partial charge in [-0.2, -0.15) is 0 Å². The Balaban J connectivity index is 1.60. The molecular weight excluding hydrogens is 380 g/mol. The third-order valence-corrected chi connectivity index (χ3v) is 5.43. The number of hydrogen-bond acceptors (Lipinski definition) is 6. The number of amides is 1. The van der Waals surface area contributed by atoms with Crippen molar-refractivity contribution in [1.82, 2.24) is 9.97 Å². The molecular formula is C23H30N4O3. The van der Waals surface area contributed by atoms with Gasteiger partial charge >= 0.3 is 5.97 Å². The maximum Gasteiger partial charge on any atom is 0.306 e. The van der Waals surface area contributed by atoms with E-state index >= 15 is 0 Å². The molecule has 160 valence electrons. The van der Waals surface area contributed by atoms with Crippen LogP contribution >= 0.6 is 0 Å². The lowest BCUT2D eigenvalue weighted by Crippen LogP contribution is -2.26. The number of nitrogens with two attached hydrogens (primary N) is 2. The molecule has 30 heavy (non-hydrogen) atoms. The summed E-state index contributed by atoms with van der Waals surface area (Å²) in [6.07, 6.45) is 6.20. The van der Waals surface area contributed by atoms with E-state index < -0.39 is 11.5 Å². The Morgan fingerprint density at radius 1 is 1.10 bits per heavy atom. The van der Waals surface area contributed by atoms with Gasteiger partial charge in [-0.15, -0.1) is 0 Å². The zero-order chi connectivity index (χ0) is 21.9. The van der Waals surface area contributed by atoms with Gasteiger partial charge in [-0.25, -0.2) is 9.97 Å². The minimum atomic E-state index is -0.693. The van der Waals surface area contributed by atoms with Crippen LogP contribution in [0, 0.1) is 5.92 Å². The van der Waals surface area contributed by atoms with E-state index in [2.05, 4.69) is 22.1 Å². The SMILES string of the molecule is CC(C)(C)OC(=O)CC1CCC(c2ccc(-c3cnc(N)c(C(N)=O)n3)cc2)CC1. The Hall–Kier alpha value is -2.96. The molecule has 7 nitrogen and oxygen atoms in total. The number of aromatic nitrogens is 2. The molecule has 0 bridgehead atoms. The number of carbonyl (C=O) groups is 2. The molecule has 3 rings (SSSR count). The summed E-state index contributed by atoms with van der Waals surface area (Å²) >= 11 is 0. The summed E-state index contributed by atoms with van der Waals surface area (Å²) in [6, 6.07) is 8.15. The first-order valence-electron chi connectivity index (χ1n) is 10.4. The zero-order valence-corrected chi connectivity index (χ0v) is 17.9. The van der Waals surface area contributed by atoms with E-state index in [1.165, 1.54) is 5.56 Å². The molecule has 0 saturated heterocycles. The van der Waals surface area contributed by atoms with Gasteiger partial charge in [0.25, 0.3) is 5.91 Å². The van der Waals surface area contributed by atoms with Crippen LogP contribution in [0.5, 0.6) is 0 Å². The summed E-state index contributed by atoms with van der Waals surface area (Å²) in [6.45, 7) is 5.70. The smallest absolute Gasteiger partial charge is 0.306 e. The molecule has 1 heterocycles. The lowest BCUT2D eigenvalue weighted by atomic mass is 9.77. The third-order valence-electron chi connectivity index (χ3n) is 5.43. The van der Waals surface area contributed by atoms with E-state index in [0.717, 1.165) is 31.2 Å². The zero-order valence-electron chi connectivity index (χ0n) is 17.9. The minimum Gasteiger partial charge on any atom is -0.460 e. The number of carbonyl (C=O) groups excluding carboxylic acids is 2. The second-order valence-corrected chi connectivity index (χ2v) is 8.98. The Morgan fingerprint density at radius 2 is 1.73 bits per heavy atom. The first-order chi connectivity index (χ1) is 14.1. The van der Waals surface area contributed by atoms with Crippen LogP contribution in [0.4, 0.5) is 5.82 Å². The Morgan fingerprint density at radius 3 is 2.30 bits per heavy atom. The van der Waals surface area contributed by atoms with Gasteiger partial charge in [0.2, 0.25) is 0 Å². The molecule has 0 aliphatic heterocycles. The molecule has 0 unspecified atom stereocenters. The highest BCUT2D eigenvalue weighted by Crippen LogP contribution is 2.37. The van der Waals surface area contributed by atoms with Crippen molar-refractivity contribution in [3.63, 3.8) is 0 Å². The van der Waals surface area contributed by atoms with Gasteiger partial charge in [-0.3, -0.25) is 9.59 Å². The Labute approximate surface area is 177 Å². The molecule has 1 aromatic carbocycles. The molecule has 0 atom stereocenters. The van der Waals surface area contributed by atoms with Crippen molar-refractivity contribution in [2.45, 2.75) is 64.4 Å². The predicted molar refractivity (Wildman–Crippen MR) is 116 cm³/mol. The molecule has 1 saturated carbocycles. The number of primary amides is 1. The maximum absolute atomic E-state index is 12.1. The molecule has 2 aromatic rings. The number of nitrogen functional groups attached to an aromatic ring is 1. The highest BCUT2D eigenvalue weighted by atomic mass is 16.6. The van der Waals surface area contributed by atoms with E-state index in [-0.39, 0.29) is 17.5 Å². The largest absolute Gasteiger partial charge is 0.460 e. The average molecular weight is 411 g/mol. The molecule has 7 heteroatoms. The van der Waals surface area contributed by atoms with E-state index in [1.807, 2.05) is 32.9 Å².